The van der Waals surface area contributed by atoms with E-state index < -0.39 is 15.8 Å². The zero-order valence-electron chi connectivity index (χ0n) is 15.5. The summed E-state index contributed by atoms with van der Waals surface area (Å²) in [5, 5.41) is 28.3. The van der Waals surface area contributed by atoms with Crippen molar-refractivity contribution >= 4 is 10.0 Å². The van der Waals surface area contributed by atoms with Gasteiger partial charge in [-0.2, -0.15) is 9.57 Å². The number of nitrogens with zero attached hydrogens (tertiary/aromatic N) is 2. The molecule has 2 aromatic carbocycles. The first-order chi connectivity index (χ1) is 12.8. The van der Waals surface area contributed by atoms with E-state index in [0.29, 0.717) is 12.3 Å². The van der Waals surface area contributed by atoms with Crippen molar-refractivity contribution < 1.29 is 18.6 Å². The average Bonchev–Trinajstić information content (AvgIpc) is 2.65. The molecule has 2 N–H and O–H groups in total. The highest BCUT2D eigenvalue weighted by molar-refractivity contribution is 7.89. The summed E-state index contributed by atoms with van der Waals surface area (Å²) in [6.45, 7) is 3.92. The summed E-state index contributed by atoms with van der Waals surface area (Å²) in [7, 11) is -4.05. The third-order valence-electron chi connectivity index (χ3n) is 4.35. The fourth-order valence-corrected chi connectivity index (χ4v) is 4.26. The number of aliphatic hydroxyl groups excluding tert-OH is 1. The molecule has 2 aromatic rings. The number of nitriles is 1. The van der Waals surface area contributed by atoms with Crippen LogP contribution in [0.15, 0.2) is 47.4 Å². The van der Waals surface area contributed by atoms with E-state index in [4.69, 9.17) is 5.26 Å². The van der Waals surface area contributed by atoms with Crippen LogP contribution in [-0.2, 0) is 16.4 Å². The van der Waals surface area contributed by atoms with Crippen LogP contribution in [0.5, 0.6) is 5.75 Å². The van der Waals surface area contributed by atoms with Crippen molar-refractivity contribution in [3.05, 3.63) is 59.2 Å². The second kappa shape index (κ2) is 9.00. The first kappa shape index (κ1) is 20.9. The second-order valence-electron chi connectivity index (χ2n) is 6.57. The summed E-state index contributed by atoms with van der Waals surface area (Å²) in [6.07, 6.45) is 0.469. The van der Waals surface area contributed by atoms with E-state index in [0.717, 1.165) is 15.9 Å². The van der Waals surface area contributed by atoms with Gasteiger partial charge in [-0.05, 0) is 41.7 Å². The Hall–Kier alpha value is -2.40. The lowest BCUT2D eigenvalue weighted by molar-refractivity contribution is 0.254. The first-order valence-electron chi connectivity index (χ1n) is 8.72. The van der Waals surface area contributed by atoms with Crippen molar-refractivity contribution in [2.75, 3.05) is 19.7 Å². The van der Waals surface area contributed by atoms with E-state index in [2.05, 4.69) is 13.8 Å². The van der Waals surface area contributed by atoms with Gasteiger partial charge in [0.1, 0.15) is 10.6 Å². The van der Waals surface area contributed by atoms with Crippen LogP contribution in [0.4, 0.5) is 0 Å². The number of aliphatic hydroxyl groups is 1. The topological polar surface area (TPSA) is 102 Å². The molecule has 6 nitrogen and oxygen atoms in total. The van der Waals surface area contributed by atoms with Crippen LogP contribution in [0.3, 0.4) is 0 Å². The van der Waals surface area contributed by atoms with Gasteiger partial charge in [0.25, 0.3) is 0 Å². The van der Waals surface area contributed by atoms with E-state index in [-0.39, 0.29) is 30.2 Å². The Morgan fingerprint density at radius 3 is 2.33 bits per heavy atom. The van der Waals surface area contributed by atoms with Crippen molar-refractivity contribution in [2.24, 2.45) is 0 Å². The molecule has 0 radical (unpaired) electrons. The van der Waals surface area contributed by atoms with Gasteiger partial charge in [0.15, 0.2) is 0 Å². The summed E-state index contributed by atoms with van der Waals surface area (Å²) in [4.78, 5) is -0.329. The number of sulfonamides is 1. The van der Waals surface area contributed by atoms with Gasteiger partial charge < -0.3 is 10.2 Å². The van der Waals surface area contributed by atoms with Crippen LogP contribution < -0.4 is 0 Å². The van der Waals surface area contributed by atoms with Crippen LogP contribution in [0.25, 0.3) is 0 Å². The molecule has 0 aliphatic heterocycles. The van der Waals surface area contributed by atoms with Crippen molar-refractivity contribution in [3.8, 4) is 11.8 Å². The molecule has 0 aromatic heterocycles. The lowest BCUT2D eigenvalue weighted by Gasteiger charge is -2.22. The summed E-state index contributed by atoms with van der Waals surface area (Å²) in [5.74, 6) is -0.000993. The van der Waals surface area contributed by atoms with E-state index >= 15 is 0 Å². The first-order valence-corrected chi connectivity index (χ1v) is 10.2. The minimum atomic E-state index is -4.05. The minimum absolute atomic E-state index is 0.0946. The summed E-state index contributed by atoms with van der Waals surface area (Å²) in [5.41, 5.74) is 2.32. The van der Waals surface area contributed by atoms with Crippen molar-refractivity contribution in [3.63, 3.8) is 0 Å². The predicted molar refractivity (Wildman–Crippen MR) is 103 cm³/mol. The Labute approximate surface area is 160 Å². The largest absolute Gasteiger partial charge is 0.507 e. The highest BCUT2D eigenvalue weighted by atomic mass is 32.2. The van der Waals surface area contributed by atoms with E-state index in [1.165, 1.54) is 17.7 Å². The zero-order chi connectivity index (χ0) is 20.0. The van der Waals surface area contributed by atoms with Crippen LogP contribution in [0.2, 0.25) is 0 Å². The van der Waals surface area contributed by atoms with Gasteiger partial charge in [-0.15, -0.1) is 0 Å². The molecule has 0 heterocycles. The molecule has 144 valence electrons. The molecule has 0 aliphatic rings. The molecule has 0 saturated heterocycles. The lowest BCUT2D eigenvalue weighted by Crippen LogP contribution is -2.35. The maximum absolute atomic E-state index is 12.9. The smallest absolute Gasteiger partial charge is 0.246 e. The highest BCUT2D eigenvalue weighted by Gasteiger charge is 2.27. The van der Waals surface area contributed by atoms with Gasteiger partial charge in [-0.1, -0.05) is 38.1 Å². The zero-order valence-corrected chi connectivity index (χ0v) is 16.3. The third-order valence-corrected chi connectivity index (χ3v) is 6.28. The average molecular weight is 388 g/mol. The number of phenols is 1. The fraction of sp³-hybridized carbons (Fsp3) is 0.350. The number of hydrogen-bond acceptors (Lipinski definition) is 5. The lowest BCUT2D eigenvalue weighted by atomic mass is 10.0. The van der Waals surface area contributed by atoms with Gasteiger partial charge in [-0.25, -0.2) is 8.42 Å². The fourth-order valence-electron chi connectivity index (χ4n) is 2.72. The highest BCUT2D eigenvalue weighted by Crippen LogP contribution is 2.27. The van der Waals surface area contributed by atoms with E-state index in [1.54, 1.807) is 0 Å². The number of hydrogen-bond donors (Lipinski definition) is 2. The Bertz CT molecular complexity index is 916. The van der Waals surface area contributed by atoms with Crippen LogP contribution in [0, 0.1) is 11.3 Å². The summed E-state index contributed by atoms with van der Waals surface area (Å²) >= 11 is 0. The quantitative estimate of drug-likeness (QED) is 0.724. The molecule has 0 fully saturated rings. The third kappa shape index (κ3) is 5.07. The van der Waals surface area contributed by atoms with Crippen molar-refractivity contribution in [1.29, 1.82) is 5.26 Å². The van der Waals surface area contributed by atoms with Crippen LogP contribution in [0.1, 0.15) is 36.5 Å². The minimum Gasteiger partial charge on any atom is -0.507 e. The van der Waals surface area contributed by atoms with Gasteiger partial charge >= 0.3 is 0 Å². The molecule has 27 heavy (non-hydrogen) atoms. The van der Waals surface area contributed by atoms with E-state index in [1.807, 2.05) is 30.3 Å². The maximum Gasteiger partial charge on any atom is 0.246 e. The molecule has 2 rings (SSSR count). The van der Waals surface area contributed by atoms with Crippen LogP contribution in [-0.4, -0.2) is 42.6 Å². The molecule has 0 aliphatic carbocycles. The van der Waals surface area contributed by atoms with Crippen LogP contribution >= 0.6 is 0 Å². The van der Waals surface area contributed by atoms with Gasteiger partial charge in [0.2, 0.25) is 10.0 Å². The SMILES string of the molecule is CC(C)c1ccc(CCN(CCO)S(=O)(=O)c2cc(C#N)ccc2O)cc1. The Morgan fingerprint density at radius 2 is 1.78 bits per heavy atom. The second-order valence-corrected chi connectivity index (χ2v) is 8.47. The normalized spacial score (nSPS) is 11.7. The summed E-state index contributed by atoms with van der Waals surface area (Å²) < 4.78 is 27.0. The number of aromatic hydroxyl groups is 1. The van der Waals surface area contributed by atoms with Crippen molar-refractivity contribution in [2.45, 2.75) is 31.1 Å². The Kier molecular flexibility index (Phi) is 6.97. The number of benzene rings is 2. The molecule has 0 bridgehead atoms. The Morgan fingerprint density at radius 1 is 1.11 bits per heavy atom. The van der Waals surface area contributed by atoms with Crippen molar-refractivity contribution in [1.82, 2.24) is 4.31 Å². The maximum atomic E-state index is 12.9. The molecule has 0 atom stereocenters. The van der Waals surface area contributed by atoms with Gasteiger partial charge in [-0.3, -0.25) is 0 Å². The van der Waals surface area contributed by atoms with Gasteiger partial charge in [0, 0.05) is 13.1 Å². The number of rotatable bonds is 8. The summed E-state index contributed by atoms with van der Waals surface area (Å²) in [6, 6.07) is 13.5. The molecule has 0 saturated carbocycles. The Balaban J connectivity index is 2.24. The molecule has 0 amide bonds. The monoisotopic (exact) mass is 388 g/mol. The van der Waals surface area contributed by atoms with E-state index in [9.17, 15) is 18.6 Å². The molecule has 0 spiro atoms. The molecular weight excluding hydrogens is 364 g/mol. The number of phenolic OH excluding ortho intramolecular Hbond substituents is 1. The van der Waals surface area contributed by atoms with Gasteiger partial charge in [0.05, 0.1) is 18.2 Å². The molecule has 7 heteroatoms. The molecular formula is C20H24N2O4S. The standard InChI is InChI=1S/C20H24N2O4S/c1-15(2)18-6-3-16(4-7-18)9-10-22(11-12-23)27(25,26)20-13-17(14-21)5-8-19(20)24/h3-8,13,15,23-24H,9-12H2,1-2H3. The molecule has 0 unspecified atom stereocenters. The predicted octanol–water partition coefficient (Wildman–Crippen LogP) is 2.61.